The molecule has 2 aromatic carbocycles. The van der Waals surface area contributed by atoms with Crippen LogP contribution in [0.25, 0.3) is 0 Å². The van der Waals surface area contributed by atoms with E-state index in [0.717, 1.165) is 72.7 Å². The average Bonchev–Trinajstić information content (AvgIpc) is 3.82. The van der Waals surface area contributed by atoms with Crippen molar-refractivity contribution in [1.29, 1.82) is 10.5 Å². The smallest absolute Gasteiger partial charge is 0.330 e. The van der Waals surface area contributed by atoms with E-state index in [1.54, 1.807) is 50.2 Å². The highest BCUT2D eigenvalue weighted by atomic mass is 32.2. The van der Waals surface area contributed by atoms with E-state index in [2.05, 4.69) is 13.5 Å². The molecule has 1 heterocycles. The number of fused-ring (bicyclic) bond motifs is 1. The number of rotatable bonds is 19. The minimum Gasteiger partial charge on any atom is -0.465 e. The third kappa shape index (κ3) is 15.2. The van der Waals surface area contributed by atoms with E-state index in [1.165, 1.54) is 32.1 Å². The molecule has 14 nitrogen and oxygen atoms in total. The van der Waals surface area contributed by atoms with Crippen molar-refractivity contribution >= 4 is 59.3 Å². The average molecular weight is 983 g/mol. The number of hydrogen-bond acceptors (Lipinski definition) is 16. The van der Waals surface area contributed by atoms with Gasteiger partial charge in [0.2, 0.25) is 0 Å². The number of hydrogen-bond donors (Lipinski definition) is 0. The van der Waals surface area contributed by atoms with Gasteiger partial charge in [0.05, 0.1) is 64.4 Å². The molecule has 0 spiro atoms. The number of thioether (sulfide) groups is 2. The van der Waals surface area contributed by atoms with Crippen molar-refractivity contribution in [2.24, 2.45) is 40.9 Å². The van der Waals surface area contributed by atoms with E-state index in [4.69, 9.17) is 28.4 Å². The van der Waals surface area contributed by atoms with E-state index in [0.29, 0.717) is 63.5 Å². The van der Waals surface area contributed by atoms with Crippen molar-refractivity contribution in [3.8, 4) is 29.4 Å². The molecule has 1 aliphatic heterocycles. The number of carbonyl (C=O) groups excluding carboxylic acids is 6. The quantitative estimate of drug-likeness (QED) is 0.0422. The van der Waals surface area contributed by atoms with Gasteiger partial charge >= 0.3 is 35.8 Å². The summed E-state index contributed by atoms with van der Waals surface area (Å²) in [5.41, 5.74) is 0.149. The summed E-state index contributed by atoms with van der Waals surface area (Å²) in [6.07, 6.45) is 12.9. The van der Waals surface area contributed by atoms with Crippen LogP contribution < -0.4 is 14.2 Å². The Bertz CT molecular complexity index is 2310. The van der Waals surface area contributed by atoms with Crippen molar-refractivity contribution in [3.05, 3.63) is 64.4 Å². The fourth-order valence-corrected chi connectivity index (χ4v) is 11.8. The van der Waals surface area contributed by atoms with E-state index < -0.39 is 47.1 Å². The highest BCUT2D eigenvalue weighted by Gasteiger charge is 2.37. The first-order chi connectivity index (χ1) is 33.2. The van der Waals surface area contributed by atoms with Crippen molar-refractivity contribution < 1.29 is 57.2 Å². The summed E-state index contributed by atoms with van der Waals surface area (Å²) in [5, 5.41) is 19.3. The van der Waals surface area contributed by atoms with Gasteiger partial charge in [-0.1, -0.05) is 82.3 Å². The number of nitriles is 2. The van der Waals surface area contributed by atoms with E-state index in [1.807, 2.05) is 12.1 Å². The number of nitrogens with zero attached hydrogens (tertiary/aromatic N) is 2. The molecule has 69 heavy (non-hydrogen) atoms. The van der Waals surface area contributed by atoms with Gasteiger partial charge in [-0.2, -0.15) is 10.5 Å². The third-order valence-electron chi connectivity index (χ3n) is 13.6. The number of esters is 6. The maximum Gasteiger partial charge on any atom is 0.330 e. The summed E-state index contributed by atoms with van der Waals surface area (Å²) < 4.78 is 33.6. The molecule has 0 unspecified atom stereocenters. The SMILES string of the molecule is C=CC(=O)OCC(C)(C)COC(=O)CCC(=O)OCCc1ccc(OC(=O)C2CCC(C(=O)Oc3ccc(OC(=O)C4CCC(C5CCC(CC)CC5)CC4)c4c3SC(=C(C#N)C#N)S4)CC2)cc1. The molecule has 0 atom stereocenters. The predicted molar refractivity (Wildman–Crippen MR) is 256 cm³/mol. The van der Waals surface area contributed by atoms with Gasteiger partial charge in [0.1, 0.15) is 35.0 Å². The summed E-state index contributed by atoms with van der Waals surface area (Å²) >= 11 is 2.30. The Morgan fingerprint density at radius 3 is 1.61 bits per heavy atom. The maximum absolute atomic E-state index is 13.6. The minimum atomic E-state index is -0.610. The lowest BCUT2D eigenvalue weighted by Gasteiger charge is -2.37. The lowest BCUT2D eigenvalue weighted by atomic mass is 9.69. The fraction of sp³-hybridized carbons (Fsp3) is 0.547. The summed E-state index contributed by atoms with van der Waals surface area (Å²) in [5.74, 6) is -0.740. The first-order valence-corrected chi connectivity index (χ1v) is 25.7. The Morgan fingerprint density at radius 1 is 0.652 bits per heavy atom. The van der Waals surface area contributed by atoms with Crippen LogP contribution in [0.4, 0.5) is 0 Å². The molecule has 0 N–H and O–H groups in total. The van der Waals surface area contributed by atoms with Crippen LogP contribution in [0.3, 0.4) is 0 Å². The molecule has 6 rings (SSSR count). The molecule has 0 bridgehead atoms. The summed E-state index contributed by atoms with van der Waals surface area (Å²) in [4.78, 5) is 77.0. The van der Waals surface area contributed by atoms with Gasteiger partial charge in [-0.3, -0.25) is 24.0 Å². The Balaban J connectivity index is 0.925. The number of benzene rings is 2. The highest BCUT2D eigenvalue weighted by Crippen LogP contribution is 2.59. The fourth-order valence-electron chi connectivity index (χ4n) is 9.35. The Hall–Kier alpha value is -5.58. The Morgan fingerprint density at radius 2 is 1.12 bits per heavy atom. The first kappa shape index (κ1) is 52.8. The number of carbonyl (C=O) groups is 6. The van der Waals surface area contributed by atoms with Crippen LogP contribution in [0.2, 0.25) is 0 Å². The van der Waals surface area contributed by atoms with Crippen LogP contribution in [0.5, 0.6) is 17.2 Å². The van der Waals surface area contributed by atoms with Crippen LogP contribution in [0.15, 0.2) is 68.7 Å². The predicted octanol–water partition coefficient (Wildman–Crippen LogP) is 10.6. The molecule has 2 aromatic rings. The van der Waals surface area contributed by atoms with E-state index in [9.17, 15) is 39.3 Å². The molecule has 0 radical (unpaired) electrons. The van der Waals surface area contributed by atoms with Crippen molar-refractivity contribution in [2.45, 2.75) is 133 Å². The van der Waals surface area contributed by atoms with Gasteiger partial charge in [-0.05, 0) is 112 Å². The molecular weight excluding hydrogens is 921 g/mol. The normalized spacial score (nSPS) is 22.1. The summed E-state index contributed by atoms with van der Waals surface area (Å²) in [7, 11) is 0. The molecule has 3 aliphatic carbocycles. The van der Waals surface area contributed by atoms with E-state index >= 15 is 0 Å². The molecule has 16 heteroatoms. The summed E-state index contributed by atoms with van der Waals surface area (Å²) in [6.45, 7) is 9.30. The van der Waals surface area contributed by atoms with Gasteiger partial charge in [0, 0.05) is 17.9 Å². The maximum atomic E-state index is 13.6. The zero-order chi connectivity index (χ0) is 49.5. The molecule has 4 aliphatic rings. The van der Waals surface area contributed by atoms with Crippen LogP contribution in [0, 0.1) is 63.6 Å². The third-order valence-corrected chi connectivity index (χ3v) is 16.3. The van der Waals surface area contributed by atoms with Gasteiger partial charge < -0.3 is 28.4 Å². The molecular formula is C53H62N2O12S2. The van der Waals surface area contributed by atoms with Crippen LogP contribution in [0.1, 0.15) is 123 Å². The van der Waals surface area contributed by atoms with Crippen LogP contribution >= 0.6 is 23.5 Å². The number of allylic oxidation sites excluding steroid dienone is 1. The Labute approximate surface area is 413 Å². The topological polar surface area (TPSA) is 205 Å². The molecule has 3 fully saturated rings. The monoisotopic (exact) mass is 982 g/mol. The van der Waals surface area contributed by atoms with Crippen molar-refractivity contribution in [1.82, 2.24) is 0 Å². The second kappa shape index (κ2) is 25.3. The Kier molecular flexibility index (Phi) is 19.4. The van der Waals surface area contributed by atoms with Crippen LogP contribution in [-0.2, 0) is 49.4 Å². The molecule has 368 valence electrons. The molecule has 0 amide bonds. The molecule has 0 aromatic heterocycles. The largest absolute Gasteiger partial charge is 0.465 e. The standard InChI is InChI=1S/C53H62N2O12S2/c1-5-33-7-11-35(12-8-33)36-13-15-38(16-14-36)50(60)66-42-23-24-43(48-47(42)68-52(69-48)40(29-54)30-55)67-51(61)39-19-17-37(18-20-39)49(59)65-41-21-9-34(10-22-41)27-28-62-45(57)25-26-46(58)64-32-53(3,4)31-63-44(56)6-2/h6,9-10,21-24,33,35-39H,2,5,7-8,11-20,25-28,31-32H2,1,3-4H3. The first-order valence-electron chi connectivity index (χ1n) is 24.1. The van der Waals surface area contributed by atoms with Crippen molar-refractivity contribution in [3.63, 3.8) is 0 Å². The van der Waals surface area contributed by atoms with Gasteiger partial charge in [0.25, 0.3) is 0 Å². The zero-order valence-electron chi connectivity index (χ0n) is 39.8. The lowest BCUT2D eigenvalue weighted by Crippen LogP contribution is -2.30. The molecule has 0 saturated heterocycles. The van der Waals surface area contributed by atoms with Gasteiger partial charge in [-0.25, -0.2) is 4.79 Å². The summed E-state index contributed by atoms with van der Waals surface area (Å²) in [6, 6.07) is 13.9. The van der Waals surface area contributed by atoms with Gasteiger partial charge in [-0.15, -0.1) is 0 Å². The minimum absolute atomic E-state index is 0.00712. The lowest BCUT2D eigenvalue weighted by molar-refractivity contribution is -0.154. The second-order valence-corrected chi connectivity index (χ2v) is 21.5. The van der Waals surface area contributed by atoms with Crippen molar-refractivity contribution in [2.75, 3.05) is 19.8 Å². The van der Waals surface area contributed by atoms with Crippen LogP contribution in [-0.4, -0.2) is 55.6 Å². The van der Waals surface area contributed by atoms with Gasteiger partial charge in [0.15, 0.2) is 0 Å². The number of ether oxygens (including phenoxy) is 6. The zero-order valence-corrected chi connectivity index (χ0v) is 41.4. The molecule has 3 saturated carbocycles. The second-order valence-electron chi connectivity index (χ2n) is 19.2. The highest BCUT2D eigenvalue weighted by molar-refractivity contribution is 8.24. The van der Waals surface area contributed by atoms with E-state index in [-0.39, 0.29) is 55.9 Å².